The van der Waals surface area contributed by atoms with Gasteiger partial charge in [0.1, 0.15) is 0 Å². The summed E-state index contributed by atoms with van der Waals surface area (Å²) >= 11 is 1.66. The highest BCUT2D eigenvalue weighted by atomic mass is 32.2. The van der Waals surface area contributed by atoms with Gasteiger partial charge in [0, 0.05) is 12.2 Å². The summed E-state index contributed by atoms with van der Waals surface area (Å²) in [5, 5.41) is 8.52. The van der Waals surface area contributed by atoms with E-state index in [1.165, 1.54) is 0 Å². The van der Waals surface area contributed by atoms with Crippen molar-refractivity contribution >= 4 is 23.4 Å². The Hall–Kier alpha value is -1.51. The van der Waals surface area contributed by atoms with Crippen LogP contribution >= 0.6 is 11.8 Å². The lowest BCUT2D eigenvalue weighted by Gasteiger charge is -2.36. The zero-order chi connectivity index (χ0) is 15.8. The zero-order valence-corrected chi connectivity index (χ0v) is 13.9. The molecule has 0 spiro atoms. The molecule has 1 fully saturated rings. The van der Waals surface area contributed by atoms with E-state index in [2.05, 4.69) is 11.0 Å². The van der Waals surface area contributed by atoms with E-state index in [9.17, 15) is 4.79 Å². The molecule has 2 rings (SSSR count). The average Bonchev–Trinajstić information content (AvgIpc) is 2.55. The number of nitrogens with zero attached hydrogens (tertiary/aromatic N) is 3. The van der Waals surface area contributed by atoms with Gasteiger partial charge in [-0.3, -0.25) is 9.69 Å². The normalized spacial score (nSPS) is 18.5. The molecular formula is C17H23N3OS. The van der Waals surface area contributed by atoms with Gasteiger partial charge in [-0.05, 0) is 50.7 Å². The Morgan fingerprint density at radius 3 is 2.91 bits per heavy atom. The van der Waals surface area contributed by atoms with E-state index in [4.69, 9.17) is 5.26 Å². The van der Waals surface area contributed by atoms with Crippen LogP contribution < -0.4 is 4.90 Å². The second-order valence-corrected chi connectivity index (χ2v) is 6.63. The minimum atomic E-state index is -0.0186. The van der Waals surface area contributed by atoms with Crippen LogP contribution in [0.1, 0.15) is 19.3 Å². The SMILES string of the molecule is CN(CCCSCC#N)C1CCCN(c2ccccc2)C1=O. The lowest BCUT2D eigenvalue weighted by molar-refractivity contribution is -0.124. The third-order valence-corrected chi connectivity index (χ3v) is 4.89. The molecule has 22 heavy (non-hydrogen) atoms. The number of piperidine rings is 1. The maximum atomic E-state index is 12.7. The van der Waals surface area contributed by atoms with Crippen LogP contribution in [0.15, 0.2) is 30.3 Å². The van der Waals surface area contributed by atoms with Crippen LogP contribution in [0.2, 0.25) is 0 Å². The number of benzene rings is 1. The first kappa shape index (κ1) is 16.9. The largest absolute Gasteiger partial charge is 0.311 e. The number of rotatable bonds is 7. The molecule has 1 atom stereocenters. The van der Waals surface area contributed by atoms with Gasteiger partial charge in [0.2, 0.25) is 5.91 Å². The number of hydrogen-bond acceptors (Lipinski definition) is 4. The third-order valence-electron chi connectivity index (χ3n) is 3.98. The Labute approximate surface area is 137 Å². The van der Waals surface area contributed by atoms with Gasteiger partial charge in [0.25, 0.3) is 0 Å². The number of para-hydroxylation sites is 1. The minimum absolute atomic E-state index is 0.0186. The number of hydrogen-bond donors (Lipinski definition) is 0. The van der Waals surface area contributed by atoms with Crippen LogP contribution in [0.3, 0.4) is 0 Å². The second-order valence-electron chi connectivity index (χ2n) is 5.53. The quantitative estimate of drug-likeness (QED) is 0.726. The summed E-state index contributed by atoms with van der Waals surface area (Å²) in [4.78, 5) is 16.8. The van der Waals surface area contributed by atoms with Crippen LogP contribution in [-0.4, -0.2) is 48.5 Å². The zero-order valence-electron chi connectivity index (χ0n) is 13.1. The van der Waals surface area contributed by atoms with Crippen LogP contribution in [0.25, 0.3) is 0 Å². The standard InChI is InChI=1S/C17H23N3OS/c1-19(11-6-13-22-14-10-18)16-9-5-12-20(17(16)21)15-7-3-2-4-8-15/h2-4,7-8,16H,5-6,9,11-14H2,1H3. The minimum Gasteiger partial charge on any atom is -0.311 e. The number of carbonyl (C=O) groups is 1. The molecule has 0 saturated carbocycles. The van der Waals surface area contributed by atoms with Gasteiger partial charge in [-0.25, -0.2) is 0 Å². The third kappa shape index (κ3) is 4.49. The molecule has 0 N–H and O–H groups in total. The highest BCUT2D eigenvalue weighted by Gasteiger charge is 2.31. The van der Waals surface area contributed by atoms with Crippen molar-refractivity contribution in [2.45, 2.75) is 25.3 Å². The number of carbonyl (C=O) groups excluding carboxylic acids is 1. The van der Waals surface area contributed by atoms with Crippen LogP contribution in [0.4, 0.5) is 5.69 Å². The molecule has 0 aromatic heterocycles. The van der Waals surface area contributed by atoms with Crippen LogP contribution in [0, 0.1) is 11.3 Å². The molecule has 1 aromatic rings. The van der Waals surface area contributed by atoms with E-state index in [0.29, 0.717) is 5.75 Å². The van der Waals surface area contributed by atoms with E-state index in [1.54, 1.807) is 11.8 Å². The van der Waals surface area contributed by atoms with E-state index in [1.807, 2.05) is 42.3 Å². The molecule has 1 amide bonds. The molecule has 1 aliphatic rings. The van der Waals surface area contributed by atoms with Gasteiger partial charge in [0.15, 0.2) is 0 Å². The maximum Gasteiger partial charge on any atom is 0.244 e. The van der Waals surface area contributed by atoms with Crippen molar-refractivity contribution in [3.05, 3.63) is 30.3 Å². The van der Waals surface area contributed by atoms with E-state index in [0.717, 1.165) is 43.8 Å². The molecule has 1 saturated heterocycles. The summed E-state index contributed by atoms with van der Waals surface area (Å²) in [5.41, 5.74) is 0.996. The highest BCUT2D eigenvalue weighted by molar-refractivity contribution is 7.99. The topological polar surface area (TPSA) is 47.3 Å². The van der Waals surface area contributed by atoms with Gasteiger partial charge in [-0.1, -0.05) is 18.2 Å². The lowest BCUT2D eigenvalue weighted by atomic mass is 10.0. The summed E-state index contributed by atoms with van der Waals surface area (Å²) in [6, 6.07) is 12.0. The van der Waals surface area contributed by atoms with E-state index < -0.39 is 0 Å². The number of likely N-dealkylation sites (N-methyl/N-ethyl adjacent to an activating group) is 1. The molecule has 118 valence electrons. The Morgan fingerprint density at radius 1 is 1.41 bits per heavy atom. The molecule has 5 heteroatoms. The van der Waals surface area contributed by atoms with Crippen molar-refractivity contribution in [1.82, 2.24) is 4.90 Å². The second kappa shape index (κ2) is 8.82. The van der Waals surface area contributed by atoms with Crippen molar-refractivity contribution < 1.29 is 4.79 Å². The first-order chi connectivity index (χ1) is 10.7. The average molecular weight is 317 g/mol. The summed E-state index contributed by atoms with van der Waals surface area (Å²) in [7, 11) is 2.03. The molecule has 4 nitrogen and oxygen atoms in total. The molecule has 1 unspecified atom stereocenters. The number of thioether (sulfide) groups is 1. The monoisotopic (exact) mass is 317 g/mol. The predicted molar refractivity (Wildman–Crippen MR) is 92.0 cm³/mol. The van der Waals surface area contributed by atoms with Crippen molar-refractivity contribution in [2.24, 2.45) is 0 Å². The fourth-order valence-corrected chi connectivity index (χ4v) is 3.39. The van der Waals surface area contributed by atoms with Crippen LogP contribution in [0.5, 0.6) is 0 Å². The summed E-state index contributed by atoms with van der Waals surface area (Å²) in [6.07, 6.45) is 2.99. The predicted octanol–water partition coefficient (Wildman–Crippen LogP) is 2.76. The molecule has 0 bridgehead atoms. The van der Waals surface area contributed by atoms with Crippen LogP contribution in [-0.2, 0) is 4.79 Å². The number of anilines is 1. The maximum absolute atomic E-state index is 12.7. The van der Waals surface area contributed by atoms with E-state index >= 15 is 0 Å². The molecule has 0 aliphatic carbocycles. The smallest absolute Gasteiger partial charge is 0.244 e. The van der Waals surface area contributed by atoms with Gasteiger partial charge < -0.3 is 4.90 Å². The van der Waals surface area contributed by atoms with E-state index in [-0.39, 0.29) is 11.9 Å². The van der Waals surface area contributed by atoms with Gasteiger partial charge in [-0.2, -0.15) is 5.26 Å². The van der Waals surface area contributed by atoms with Gasteiger partial charge in [0.05, 0.1) is 17.9 Å². The molecule has 1 aliphatic heterocycles. The Balaban J connectivity index is 1.88. The molecule has 0 radical (unpaired) electrons. The summed E-state index contributed by atoms with van der Waals surface area (Å²) in [5.74, 6) is 1.74. The van der Waals surface area contributed by atoms with Crippen molar-refractivity contribution in [2.75, 3.05) is 36.5 Å². The van der Waals surface area contributed by atoms with Gasteiger partial charge in [-0.15, -0.1) is 11.8 Å². The van der Waals surface area contributed by atoms with Gasteiger partial charge >= 0.3 is 0 Å². The molecule has 1 heterocycles. The Bertz CT molecular complexity index is 514. The fraction of sp³-hybridized carbons (Fsp3) is 0.529. The Morgan fingerprint density at radius 2 is 2.18 bits per heavy atom. The summed E-state index contributed by atoms with van der Waals surface area (Å²) < 4.78 is 0. The highest BCUT2D eigenvalue weighted by Crippen LogP contribution is 2.23. The van der Waals surface area contributed by atoms with Crippen molar-refractivity contribution in [3.63, 3.8) is 0 Å². The summed E-state index contributed by atoms with van der Waals surface area (Å²) in [6.45, 7) is 1.71. The fourth-order valence-electron chi connectivity index (χ4n) is 2.82. The Kier molecular flexibility index (Phi) is 6.75. The van der Waals surface area contributed by atoms with Crippen molar-refractivity contribution in [3.8, 4) is 6.07 Å². The molecular weight excluding hydrogens is 294 g/mol. The number of amides is 1. The first-order valence-electron chi connectivity index (χ1n) is 7.75. The first-order valence-corrected chi connectivity index (χ1v) is 8.91. The molecule has 1 aromatic carbocycles. The van der Waals surface area contributed by atoms with Crippen molar-refractivity contribution in [1.29, 1.82) is 5.26 Å². The number of nitriles is 1. The lowest BCUT2D eigenvalue weighted by Crippen LogP contribution is -2.51.